The van der Waals surface area contributed by atoms with Gasteiger partial charge >= 0.3 is 0 Å². The number of hydrogen-bond acceptors (Lipinski definition) is 2. The van der Waals surface area contributed by atoms with E-state index in [0.717, 1.165) is 25.1 Å². The fourth-order valence-corrected chi connectivity index (χ4v) is 4.04. The smallest absolute Gasteiger partial charge is 0.162 e. The summed E-state index contributed by atoms with van der Waals surface area (Å²) in [6.45, 7) is 3.09. The molecule has 2 saturated carbocycles. The van der Waals surface area contributed by atoms with Gasteiger partial charge in [0.2, 0.25) is 0 Å². The summed E-state index contributed by atoms with van der Waals surface area (Å²) < 4.78 is 32.3. The predicted molar refractivity (Wildman–Crippen MR) is 78.4 cm³/mol. The maximum Gasteiger partial charge on any atom is 0.162 e. The SMILES string of the molecule is CCNC1CC(Oc2ccc(F)c(F)c2)C12CCCCC2. The average Bonchev–Trinajstić information content (AvgIpc) is 2.50. The Balaban J connectivity index is 1.73. The fraction of sp³-hybridized carbons (Fsp3) is 0.647. The zero-order chi connectivity index (χ0) is 14.9. The lowest BCUT2D eigenvalue weighted by Crippen LogP contribution is -2.65. The number of nitrogens with one attached hydrogen (secondary N) is 1. The Hall–Kier alpha value is -1.16. The van der Waals surface area contributed by atoms with Gasteiger partial charge in [0.05, 0.1) is 0 Å². The summed E-state index contributed by atoms with van der Waals surface area (Å²) in [4.78, 5) is 0. The predicted octanol–water partition coefficient (Wildman–Crippen LogP) is 4.04. The van der Waals surface area contributed by atoms with E-state index in [2.05, 4.69) is 12.2 Å². The highest BCUT2D eigenvalue weighted by atomic mass is 19.2. The molecule has 0 amide bonds. The Bertz CT molecular complexity index is 500. The van der Waals surface area contributed by atoms with Crippen LogP contribution in [0.25, 0.3) is 0 Å². The quantitative estimate of drug-likeness (QED) is 0.905. The maximum absolute atomic E-state index is 13.3. The summed E-state index contributed by atoms with van der Waals surface area (Å²) >= 11 is 0. The second-order valence-corrected chi connectivity index (χ2v) is 6.32. The summed E-state index contributed by atoms with van der Waals surface area (Å²) in [5.41, 5.74) is 0.180. The molecule has 0 radical (unpaired) electrons. The molecular weight excluding hydrogens is 272 g/mol. The van der Waals surface area contributed by atoms with Crippen molar-refractivity contribution in [3.63, 3.8) is 0 Å². The van der Waals surface area contributed by atoms with Crippen LogP contribution in [0, 0.1) is 17.0 Å². The average molecular weight is 295 g/mol. The van der Waals surface area contributed by atoms with Gasteiger partial charge in [-0.1, -0.05) is 26.2 Å². The van der Waals surface area contributed by atoms with Crippen molar-refractivity contribution in [1.82, 2.24) is 5.32 Å². The lowest BCUT2D eigenvalue weighted by molar-refractivity contribution is -0.102. The van der Waals surface area contributed by atoms with Gasteiger partial charge in [0, 0.05) is 23.9 Å². The number of rotatable bonds is 4. The van der Waals surface area contributed by atoms with Gasteiger partial charge in [0.1, 0.15) is 11.9 Å². The van der Waals surface area contributed by atoms with Gasteiger partial charge in [0.25, 0.3) is 0 Å². The van der Waals surface area contributed by atoms with Crippen molar-refractivity contribution in [1.29, 1.82) is 0 Å². The Morgan fingerprint density at radius 1 is 1.19 bits per heavy atom. The molecule has 116 valence electrons. The molecule has 4 heteroatoms. The minimum Gasteiger partial charge on any atom is -0.490 e. The third kappa shape index (κ3) is 2.66. The van der Waals surface area contributed by atoms with Crippen LogP contribution in [0.2, 0.25) is 0 Å². The first-order valence-corrected chi connectivity index (χ1v) is 8.01. The molecule has 2 atom stereocenters. The zero-order valence-electron chi connectivity index (χ0n) is 12.5. The molecule has 1 spiro atoms. The number of ether oxygens (including phenoxy) is 1. The highest BCUT2D eigenvalue weighted by molar-refractivity contribution is 5.25. The topological polar surface area (TPSA) is 21.3 Å². The first-order chi connectivity index (χ1) is 10.2. The van der Waals surface area contributed by atoms with Crippen LogP contribution >= 0.6 is 0 Å². The van der Waals surface area contributed by atoms with Gasteiger partial charge in [0.15, 0.2) is 11.6 Å². The minimum atomic E-state index is -0.840. The Morgan fingerprint density at radius 3 is 2.62 bits per heavy atom. The summed E-state index contributed by atoms with van der Waals surface area (Å²) in [5, 5.41) is 3.56. The molecule has 0 aliphatic heterocycles. The molecule has 2 aliphatic rings. The van der Waals surface area contributed by atoms with Crippen LogP contribution < -0.4 is 10.1 Å². The molecule has 1 aromatic carbocycles. The van der Waals surface area contributed by atoms with Gasteiger partial charge in [-0.3, -0.25) is 0 Å². The van der Waals surface area contributed by atoms with E-state index in [0.29, 0.717) is 11.8 Å². The van der Waals surface area contributed by atoms with E-state index in [1.54, 1.807) is 0 Å². The van der Waals surface area contributed by atoms with Crippen LogP contribution in [0.3, 0.4) is 0 Å². The van der Waals surface area contributed by atoms with Crippen molar-refractivity contribution in [2.45, 2.75) is 57.6 Å². The Labute approximate surface area is 124 Å². The molecule has 21 heavy (non-hydrogen) atoms. The van der Waals surface area contributed by atoms with Crippen molar-refractivity contribution >= 4 is 0 Å². The van der Waals surface area contributed by atoms with Crippen LogP contribution in [-0.2, 0) is 0 Å². The first kappa shape index (κ1) is 14.8. The minimum absolute atomic E-state index is 0.117. The molecule has 1 aromatic rings. The van der Waals surface area contributed by atoms with Gasteiger partial charge < -0.3 is 10.1 Å². The second-order valence-electron chi connectivity index (χ2n) is 6.32. The number of halogens is 2. The van der Waals surface area contributed by atoms with Crippen LogP contribution in [0.5, 0.6) is 5.75 Å². The monoisotopic (exact) mass is 295 g/mol. The Morgan fingerprint density at radius 2 is 1.95 bits per heavy atom. The molecule has 2 fully saturated rings. The van der Waals surface area contributed by atoms with E-state index >= 15 is 0 Å². The van der Waals surface area contributed by atoms with Crippen molar-refractivity contribution < 1.29 is 13.5 Å². The normalized spacial score (nSPS) is 27.4. The lowest BCUT2D eigenvalue weighted by atomic mass is 9.55. The first-order valence-electron chi connectivity index (χ1n) is 8.01. The van der Waals surface area contributed by atoms with E-state index in [9.17, 15) is 8.78 Å². The van der Waals surface area contributed by atoms with Crippen LogP contribution in [0.4, 0.5) is 8.78 Å². The summed E-state index contributed by atoms with van der Waals surface area (Å²) in [5.74, 6) is -1.22. The lowest BCUT2D eigenvalue weighted by Gasteiger charge is -2.57. The third-order valence-corrected chi connectivity index (χ3v) is 5.19. The zero-order valence-corrected chi connectivity index (χ0v) is 12.5. The van der Waals surface area contributed by atoms with E-state index in [1.165, 1.54) is 38.2 Å². The van der Waals surface area contributed by atoms with Crippen LogP contribution in [-0.4, -0.2) is 18.7 Å². The summed E-state index contributed by atoms with van der Waals surface area (Å²) in [6.07, 6.45) is 7.16. The molecule has 0 saturated heterocycles. The molecule has 2 unspecified atom stereocenters. The standard InChI is InChI=1S/C17H23F2NO/c1-2-20-15-11-16(17(15)8-4-3-5-9-17)21-12-6-7-13(18)14(19)10-12/h6-7,10,15-16,20H,2-5,8-9,11H2,1H3. The molecule has 3 rings (SSSR count). The van der Waals surface area contributed by atoms with Crippen molar-refractivity contribution in [3.05, 3.63) is 29.8 Å². The van der Waals surface area contributed by atoms with Gasteiger partial charge in [-0.15, -0.1) is 0 Å². The van der Waals surface area contributed by atoms with Crippen LogP contribution in [0.15, 0.2) is 18.2 Å². The highest BCUT2D eigenvalue weighted by Crippen LogP contribution is 2.53. The Kier molecular flexibility index (Phi) is 4.16. The summed E-state index contributed by atoms with van der Waals surface area (Å²) in [7, 11) is 0. The highest BCUT2D eigenvalue weighted by Gasteiger charge is 2.56. The number of hydrogen-bond donors (Lipinski definition) is 1. The van der Waals surface area contributed by atoms with E-state index in [4.69, 9.17) is 4.74 Å². The second kappa shape index (κ2) is 5.91. The van der Waals surface area contributed by atoms with Gasteiger partial charge in [-0.2, -0.15) is 0 Å². The maximum atomic E-state index is 13.3. The van der Waals surface area contributed by atoms with Crippen molar-refractivity contribution in [2.24, 2.45) is 5.41 Å². The van der Waals surface area contributed by atoms with E-state index in [1.807, 2.05) is 0 Å². The molecule has 2 nitrogen and oxygen atoms in total. The fourth-order valence-electron chi connectivity index (χ4n) is 4.04. The molecule has 1 N–H and O–H groups in total. The van der Waals surface area contributed by atoms with Crippen molar-refractivity contribution in [3.8, 4) is 5.75 Å². The molecule has 0 aromatic heterocycles. The van der Waals surface area contributed by atoms with E-state index < -0.39 is 11.6 Å². The van der Waals surface area contributed by atoms with E-state index in [-0.39, 0.29) is 11.5 Å². The van der Waals surface area contributed by atoms with Gasteiger partial charge in [-0.25, -0.2) is 8.78 Å². The molecule has 2 aliphatic carbocycles. The molecule has 0 bridgehead atoms. The third-order valence-electron chi connectivity index (χ3n) is 5.19. The summed E-state index contributed by atoms with van der Waals surface area (Å²) in [6, 6.07) is 4.32. The van der Waals surface area contributed by atoms with Gasteiger partial charge in [-0.05, 0) is 31.5 Å². The van der Waals surface area contributed by atoms with Crippen LogP contribution in [0.1, 0.15) is 45.4 Å². The number of benzene rings is 1. The molecular formula is C17H23F2NO. The molecule has 0 heterocycles. The largest absolute Gasteiger partial charge is 0.490 e. The van der Waals surface area contributed by atoms with Crippen molar-refractivity contribution in [2.75, 3.05) is 6.54 Å².